The maximum atomic E-state index is 12.0. The molecule has 1 aromatic heterocycles. The van der Waals surface area contributed by atoms with Crippen molar-refractivity contribution in [3.05, 3.63) is 11.8 Å². The summed E-state index contributed by atoms with van der Waals surface area (Å²) in [7, 11) is -3.57. The fourth-order valence-corrected chi connectivity index (χ4v) is 2.80. The maximum Gasteiger partial charge on any atom is 0.243 e. The van der Waals surface area contributed by atoms with E-state index in [4.69, 9.17) is 4.52 Å². The quantitative estimate of drug-likeness (QED) is 0.799. The highest BCUT2D eigenvalue weighted by Crippen LogP contribution is 2.18. The molecule has 0 aromatic carbocycles. The van der Waals surface area contributed by atoms with Crippen LogP contribution in [-0.2, 0) is 14.8 Å². The smallest absolute Gasteiger partial charge is 0.243 e. The van der Waals surface area contributed by atoms with Gasteiger partial charge in [-0.15, -0.1) is 0 Å². The van der Waals surface area contributed by atoms with Crippen molar-refractivity contribution in [1.82, 2.24) is 10.1 Å². The van der Waals surface area contributed by atoms with E-state index in [1.54, 1.807) is 11.8 Å². The van der Waals surface area contributed by atoms with E-state index < -0.39 is 10.0 Å². The summed E-state index contributed by atoms with van der Waals surface area (Å²) >= 11 is 0. The number of aromatic nitrogens is 1. The Balaban J connectivity index is 2.17. The van der Waals surface area contributed by atoms with Crippen molar-refractivity contribution in [2.75, 3.05) is 30.2 Å². The molecule has 0 N–H and O–H groups in total. The van der Waals surface area contributed by atoms with E-state index in [0.717, 1.165) is 23.4 Å². The lowest BCUT2D eigenvalue weighted by molar-refractivity contribution is -0.128. The lowest BCUT2D eigenvalue weighted by Gasteiger charge is -2.22. The highest BCUT2D eigenvalue weighted by Gasteiger charge is 2.27. The summed E-state index contributed by atoms with van der Waals surface area (Å²) in [6.45, 7) is 2.81. The topological polar surface area (TPSA) is 83.7 Å². The van der Waals surface area contributed by atoms with Crippen LogP contribution >= 0.6 is 0 Å². The monoisotopic (exact) mass is 287 g/mol. The van der Waals surface area contributed by atoms with E-state index in [0.29, 0.717) is 18.8 Å². The summed E-state index contributed by atoms with van der Waals surface area (Å²) in [6, 6.07) is 1.50. The number of aryl methyl sites for hydroxylation is 1. The molecule has 0 spiro atoms. The number of likely N-dealkylation sites (tertiary alicyclic amines) is 1. The molecule has 1 saturated heterocycles. The van der Waals surface area contributed by atoms with Crippen LogP contribution in [0.5, 0.6) is 0 Å². The summed E-state index contributed by atoms with van der Waals surface area (Å²) in [4.78, 5) is 13.7. The Kier molecular flexibility index (Phi) is 3.79. The molecule has 1 aliphatic rings. The summed E-state index contributed by atoms with van der Waals surface area (Å²) in [5, 5.41) is 3.66. The first-order chi connectivity index (χ1) is 8.88. The average molecular weight is 287 g/mol. The summed E-state index contributed by atoms with van der Waals surface area (Å²) in [6.07, 6.45) is 2.98. The second kappa shape index (κ2) is 5.20. The van der Waals surface area contributed by atoms with E-state index in [2.05, 4.69) is 5.16 Å². The molecule has 1 aromatic rings. The van der Waals surface area contributed by atoms with Crippen LogP contribution in [0.3, 0.4) is 0 Å². The van der Waals surface area contributed by atoms with E-state index in [1.807, 2.05) is 0 Å². The van der Waals surface area contributed by atoms with Crippen molar-refractivity contribution >= 4 is 21.7 Å². The predicted molar refractivity (Wildman–Crippen MR) is 69.2 cm³/mol. The van der Waals surface area contributed by atoms with Crippen LogP contribution in [0.25, 0.3) is 0 Å². The minimum Gasteiger partial charge on any atom is -0.360 e. The summed E-state index contributed by atoms with van der Waals surface area (Å²) in [5.74, 6) is 0.438. The number of amides is 1. The number of rotatable bonds is 4. The van der Waals surface area contributed by atoms with Crippen molar-refractivity contribution in [1.29, 1.82) is 0 Å². The van der Waals surface area contributed by atoms with Gasteiger partial charge < -0.3 is 9.42 Å². The number of nitrogens with zero attached hydrogens (tertiary/aromatic N) is 3. The molecule has 1 fully saturated rings. The molecule has 0 aliphatic carbocycles. The third-order valence-electron chi connectivity index (χ3n) is 3.01. The second-order valence-electron chi connectivity index (χ2n) is 4.65. The van der Waals surface area contributed by atoms with Gasteiger partial charge in [0.15, 0.2) is 5.82 Å². The van der Waals surface area contributed by atoms with E-state index in [-0.39, 0.29) is 18.3 Å². The normalized spacial score (nSPS) is 15.8. The predicted octanol–water partition coefficient (Wildman–Crippen LogP) is 0.371. The van der Waals surface area contributed by atoms with Gasteiger partial charge in [-0.2, -0.15) is 0 Å². The fraction of sp³-hybridized carbons (Fsp3) is 0.636. The van der Waals surface area contributed by atoms with Gasteiger partial charge in [0.1, 0.15) is 12.3 Å². The molecule has 8 heteroatoms. The first kappa shape index (κ1) is 13.9. The Hall–Kier alpha value is -1.57. The summed E-state index contributed by atoms with van der Waals surface area (Å²) in [5.41, 5.74) is 0. The molecule has 0 atom stereocenters. The standard InChI is InChI=1S/C11H17N3O4S/c1-9-7-10(12-18-9)14(19(2,16)17)8-11(15)13-5-3-4-6-13/h7H,3-6,8H2,1-2H3. The first-order valence-corrected chi connectivity index (χ1v) is 7.91. The molecule has 1 aliphatic heterocycles. The van der Waals surface area contributed by atoms with Crippen molar-refractivity contribution in [2.45, 2.75) is 19.8 Å². The molecule has 0 unspecified atom stereocenters. The number of hydrogen-bond acceptors (Lipinski definition) is 5. The zero-order chi connectivity index (χ0) is 14.0. The molecular formula is C11H17N3O4S. The number of carbonyl (C=O) groups excluding carboxylic acids is 1. The number of sulfonamides is 1. The lowest BCUT2D eigenvalue weighted by Crippen LogP contribution is -2.41. The van der Waals surface area contributed by atoms with Crippen molar-refractivity contribution in [3.63, 3.8) is 0 Å². The molecule has 0 radical (unpaired) electrons. The van der Waals surface area contributed by atoms with E-state index in [9.17, 15) is 13.2 Å². The molecule has 1 amide bonds. The average Bonchev–Trinajstić information content (AvgIpc) is 2.94. The fourth-order valence-electron chi connectivity index (χ4n) is 2.03. The Morgan fingerprint density at radius 2 is 2.11 bits per heavy atom. The molecular weight excluding hydrogens is 270 g/mol. The third-order valence-corrected chi connectivity index (χ3v) is 4.13. The molecule has 0 bridgehead atoms. The Bertz CT molecular complexity index is 560. The van der Waals surface area contributed by atoms with E-state index >= 15 is 0 Å². The van der Waals surface area contributed by atoms with Crippen LogP contribution in [0.4, 0.5) is 5.82 Å². The highest BCUT2D eigenvalue weighted by molar-refractivity contribution is 7.92. The molecule has 2 rings (SSSR count). The summed E-state index contributed by atoms with van der Waals surface area (Å²) < 4.78 is 29.4. The van der Waals surface area contributed by atoms with Crippen LogP contribution < -0.4 is 4.31 Å². The molecule has 0 saturated carbocycles. The van der Waals surface area contributed by atoms with Crippen LogP contribution in [0, 0.1) is 6.92 Å². The molecule has 106 valence electrons. The van der Waals surface area contributed by atoms with Crippen molar-refractivity contribution in [2.24, 2.45) is 0 Å². The van der Waals surface area contributed by atoms with Gasteiger partial charge in [-0.3, -0.25) is 4.79 Å². The Morgan fingerprint density at radius 1 is 1.47 bits per heavy atom. The zero-order valence-electron chi connectivity index (χ0n) is 11.0. The highest BCUT2D eigenvalue weighted by atomic mass is 32.2. The zero-order valence-corrected chi connectivity index (χ0v) is 11.8. The number of hydrogen-bond donors (Lipinski definition) is 0. The third kappa shape index (κ3) is 3.25. The van der Waals surface area contributed by atoms with Gasteiger partial charge in [0.05, 0.1) is 6.26 Å². The Morgan fingerprint density at radius 3 is 2.58 bits per heavy atom. The van der Waals surface area contributed by atoms with Gasteiger partial charge in [-0.25, -0.2) is 12.7 Å². The van der Waals surface area contributed by atoms with Crippen molar-refractivity contribution in [3.8, 4) is 0 Å². The number of carbonyl (C=O) groups is 1. The van der Waals surface area contributed by atoms with Gasteiger partial charge >= 0.3 is 0 Å². The largest absolute Gasteiger partial charge is 0.360 e. The van der Waals surface area contributed by atoms with Crippen LogP contribution in [-0.4, -0.2) is 50.3 Å². The van der Waals surface area contributed by atoms with Gasteiger partial charge in [-0.1, -0.05) is 5.16 Å². The van der Waals surface area contributed by atoms with Gasteiger partial charge in [0.2, 0.25) is 15.9 Å². The number of anilines is 1. The maximum absolute atomic E-state index is 12.0. The van der Waals surface area contributed by atoms with Crippen LogP contribution in [0.1, 0.15) is 18.6 Å². The minimum absolute atomic E-state index is 0.146. The van der Waals surface area contributed by atoms with Gasteiger partial charge in [-0.05, 0) is 19.8 Å². The van der Waals surface area contributed by atoms with E-state index in [1.165, 1.54) is 6.07 Å². The SMILES string of the molecule is Cc1cc(N(CC(=O)N2CCCC2)S(C)(=O)=O)no1. The van der Waals surface area contributed by atoms with Gasteiger partial charge in [0.25, 0.3) is 0 Å². The molecule has 19 heavy (non-hydrogen) atoms. The first-order valence-electron chi connectivity index (χ1n) is 6.07. The Labute approximate surface area is 112 Å². The molecule has 2 heterocycles. The van der Waals surface area contributed by atoms with Crippen LogP contribution in [0.2, 0.25) is 0 Å². The lowest BCUT2D eigenvalue weighted by atomic mass is 10.4. The van der Waals surface area contributed by atoms with Gasteiger partial charge in [0, 0.05) is 19.2 Å². The second-order valence-corrected chi connectivity index (χ2v) is 6.56. The van der Waals surface area contributed by atoms with Crippen molar-refractivity contribution < 1.29 is 17.7 Å². The van der Waals surface area contributed by atoms with Crippen LogP contribution in [0.15, 0.2) is 10.6 Å². The minimum atomic E-state index is -3.57. The molecule has 7 nitrogen and oxygen atoms in total.